The van der Waals surface area contributed by atoms with Crippen molar-refractivity contribution in [1.82, 2.24) is 9.80 Å². The van der Waals surface area contributed by atoms with Gasteiger partial charge in [0.25, 0.3) is 0 Å². The van der Waals surface area contributed by atoms with Gasteiger partial charge in [0.1, 0.15) is 6.61 Å². The van der Waals surface area contributed by atoms with E-state index in [0.29, 0.717) is 32.8 Å². The number of oxime groups is 1. The number of ether oxygens (including phenoxy) is 1. The molecule has 0 aromatic heterocycles. The Hall–Kier alpha value is -1.34. The van der Waals surface area contributed by atoms with Gasteiger partial charge >= 0.3 is 0 Å². The van der Waals surface area contributed by atoms with Crippen LogP contribution >= 0.6 is 0 Å². The Bertz CT molecular complexity index is 336. The Labute approximate surface area is 114 Å². The highest BCUT2D eigenvalue weighted by molar-refractivity contribution is 5.88. The molecule has 7 nitrogen and oxygen atoms in total. The van der Waals surface area contributed by atoms with E-state index in [-0.39, 0.29) is 18.3 Å². The Kier molecular flexibility index (Phi) is 5.56. The average Bonchev–Trinajstić information content (AvgIpc) is 2.43. The highest BCUT2D eigenvalue weighted by Crippen LogP contribution is 2.17. The first-order valence-corrected chi connectivity index (χ1v) is 6.52. The van der Waals surface area contributed by atoms with Crippen molar-refractivity contribution >= 4 is 11.7 Å². The summed E-state index contributed by atoms with van der Waals surface area (Å²) in [6, 6.07) is 0. The molecule has 1 heterocycles. The standard InChI is InChI=1S/C12H24N4O3/c1-4-19-9-10(17)15-5-7-16(8-6-15)12(2,3)11(13)14-18/h18H,4-9H2,1-3H3,(H2,13,14). The number of hydrogen-bond donors (Lipinski definition) is 2. The van der Waals surface area contributed by atoms with Crippen LogP contribution in [0.15, 0.2) is 5.16 Å². The van der Waals surface area contributed by atoms with Crippen LogP contribution in [0.5, 0.6) is 0 Å². The zero-order valence-electron chi connectivity index (χ0n) is 11.9. The third kappa shape index (κ3) is 3.81. The maximum Gasteiger partial charge on any atom is 0.248 e. The summed E-state index contributed by atoms with van der Waals surface area (Å²) in [4.78, 5) is 15.7. The van der Waals surface area contributed by atoms with Crippen molar-refractivity contribution in [1.29, 1.82) is 0 Å². The van der Waals surface area contributed by atoms with E-state index in [1.807, 2.05) is 20.8 Å². The van der Waals surface area contributed by atoms with Crippen molar-refractivity contribution in [2.24, 2.45) is 10.9 Å². The fraction of sp³-hybridized carbons (Fsp3) is 0.833. The minimum absolute atomic E-state index is 0.0168. The van der Waals surface area contributed by atoms with Crippen molar-refractivity contribution in [2.75, 3.05) is 39.4 Å². The smallest absolute Gasteiger partial charge is 0.248 e. The molecule has 1 saturated heterocycles. The lowest BCUT2D eigenvalue weighted by Crippen LogP contribution is -2.60. The number of amidine groups is 1. The lowest BCUT2D eigenvalue weighted by atomic mass is 10.0. The van der Waals surface area contributed by atoms with Crippen molar-refractivity contribution in [3.8, 4) is 0 Å². The van der Waals surface area contributed by atoms with E-state index in [1.165, 1.54) is 0 Å². The highest BCUT2D eigenvalue weighted by Gasteiger charge is 2.34. The number of rotatable bonds is 5. The molecule has 0 unspecified atom stereocenters. The normalized spacial score (nSPS) is 18.7. The third-order valence-corrected chi connectivity index (χ3v) is 3.59. The molecule has 0 saturated carbocycles. The Morgan fingerprint density at radius 1 is 1.37 bits per heavy atom. The van der Waals surface area contributed by atoms with Gasteiger partial charge in [-0.2, -0.15) is 0 Å². The average molecular weight is 272 g/mol. The van der Waals surface area contributed by atoms with Gasteiger partial charge in [0.2, 0.25) is 5.91 Å². The van der Waals surface area contributed by atoms with E-state index in [4.69, 9.17) is 15.7 Å². The molecule has 1 aliphatic heterocycles. The Balaban J connectivity index is 2.51. The van der Waals surface area contributed by atoms with Gasteiger partial charge in [-0.1, -0.05) is 5.16 Å². The molecule has 19 heavy (non-hydrogen) atoms. The number of nitrogens with two attached hydrogens (primary N) is 1. The van der Waals surface area contributed by atoms with Crippen LogP contribution in [0.1, 0.15) is 20.8 Å². The van der Waals surface area contributed by atoms with Crippen molar-refractivity contribution in [3.63, 3.8) is 0 Å². The summed E-state index contributed by atoms with van der Waals surface area (Å²) in [5, 5.41) is 11.9. The zero-order valence-corrected chi connectivity index (χ0v) is 11.9. The number of nitrogens with zero attached hydrogens (tertiary/aromatic N) is 3. The molecule has 110 valence electrons. The van der Waals surface area contributed by atoms with E-state index >= 15 is 0 Å². The summed E-state index contributed by atoms with van der Waals surface area (Å²) in [6.45, 7) is 9.01. The van der Waals surface area contributed by atoms with E-state index < -0.39 is 5.54 Å². The van der Waals surface area contributed by atoms with Gasteiger partial charge in [0.05, 0.1) is 5.54 Å². The van der Waals surface area contributed by atoms with E-state index in [1.54, 1.807) is 4.90 Å². The summed E-state index contributed by atoms with van der Waals surface area (Å²) in [7, 11) is 0. The molecule has 1 rings (SSSR count). The maximum atomic E-state index is 11.8. The van der Waals surface area contributed by atoms with E-state index in [2.05, 4.69) is 10.1 Å². The lowest BCUT2D eigenvalue weighted by molar-refractivity contribution is -0.138. The minimum atomic E-state index is -0.510. The summed E-state index contributed by atoms with van der Waals surface area (Å²) in [5.41, 5.74) is 5.19. The predicted molar refractivity (Wildman–Crippen MR) is 72.1 cm³/mol. The first-order chi connectivity index (χ1) is 8.93. The number of piperazine rings is 1. The number of carbonyl (C=O) groups is 1. The first-order valence-electron chi connectivity index (χ1n) is 6.52. The molecular formula is C12H24N4O3. The molecule has 0 aliphatic carbocycles. The lowest BCUT2D eigenvalue weighted by Gasteiger charge is -2.43. The minimum Gasteiger partial charge on any atom is -0.409 e. The van der Waals surface area contributed by atoms with Gasteiger partial charge in [-0.15, -0.1) is 0 Å². The van der Waals surface area contributed by atoms with Crippen LogP contribution in [0.3, 0.4) is 0 Å². The number of carbonyl (C=O) groups excluding carboxylic acids is 1. The first kappa shape index (κ1) is 15.7. The van der Waals surface area contributed by atoms with Crippen molar-refractivity contribution in [3.05, 3.63) is 0 Å². The second-order valence-corrected chi connectivity index (χ2v) is 5.05. The molecule has 0 aromatic rings. The number of amides is 1. The van der Waals surface area contributed by atoms with Crippen LogP contribution in [0.4, 0.5) is 0 Å². The molecule has 0 aromatic carbocycles. The molecule has 3 N–H and O–H groups in total. The molecule has 1 amide bonds. The zero-order chi connectivity index (χ0) is 14.5. The van der Waals surface area contributed by atoms with Crippen LogP contribution in [0.2, 0.25) is 0 Å². The van der Waals surface area contributed by atoms with Gasteiger partial charge in [-0.25, -0.2) is 0 Å². The molecule has 7 heteroatoms. The molecule has 1 fully saturated rings. The fourth-order valence-electron chi connectivity index (χ4n) is 2.08. The maximum absolute atomic E-state index is 11.8. The van der Waals surface area contributed by atoms with Gasteiger partial charge in [0.15, 0.2) is 5.84 Å². The largest absolute Gasteiger partial charge is 0.409 e. The van der Waals surface area contributed by atoms with E-state index in [0.717, 1.165) is 0 Å². The van der Waals surface area contributed by atoms with Crippen LogP contribution < -0.4 is 5.73 Å². The Morgan fingerprint density at radius 2 is 1.95 bits per heavy atom. The molecule has 0 bridgehead atoms. The summed E-state index contributed by atoms with van der Waals surface area (Å²) in [6.07, 6.45) is 0. The van der Waals surface area contributed by atoms with Crippen molar-refractivity contribution in [2.45, 2.75) is 26.3 Å². The SMILES string of the molecule is CCOCC(=O)N1CCN(C(C)(C)C(N)=NO)CC1. The molecular weight excluding hydrogens is 248 g/mol. The monoisotopic (exact) mass is 272 g/mol. The van der Waals surface area contributed by atoms with Gasteiger partial charge in [-0.3, -0.25) is 9.69 Å². The van der Waals surface area contributed by atoms with Gasteiger partial charge in [-0.05, 0) is 20.8 Å². The van der Waals surface area contributed by atoms with Crippen LogP contribution in [-0.2, 0) is 9.53 Å². The topological polar surface area (TPSA) is 91.4 Å². The molecule has 0 radical (unpaired) electrons. The molecule has 0 atom stereocenters. The van der Waals surface area contributed by atoms with Crippen molar-refractivity contribution < 1.29 is 14.7 Å². The number of hydrogen-bond acceptors (Lipinski definition) is 5. The van der Waals surface area contributed by atoms with Crippen LogP contribution in [0, 0.1) is 0 Å². The van der Waals surface area contributed by atoms with Gasteiger partial charge < -0.3 is 20.6 Å². The second kappa shape index (κ2) is 6.72. The second-order valence-electron chi connectivity index (χ2n) is 5.05. The molecule has 1 aliphatic rings. The third-order valence-electron chi connectivity index (χ3n) is 3.59. The van der Waals surface area contributed by atoms with E-state index in [9.17, 15) is 4.79 Å². The summed E-state index contributed by atoms with van der Waals surface area (Å²) < 4.78 is 5.12. The predicted octanol–water partition coefficient (Wildman–Crippen LogP) is -0.308. The van der Waals surface area contributed by atoms with Gasteiger partial charge in [0, 0.05) is 32.8 Å². The van der Waals surface area contributed by atoms with Crippen LogP contribution in [0.25, 0.3) is 0 Å². The summed E-state index contributed by atoms with van der Waals surface area (Å²) >= 11 is 0. The van der Waals surface area contributed by atoms with Crippen LogP contribution in [-0.4, -0.2) is 71.7 Å². The Morgan fingerprint density at radius 3 is 2.42 bits per heavy atom. The fourth-order valence-corrected chi connectivity index (χ4v) is 2.08. The quantitative estimate of drug-likeness (QED) is 0.310. The molecule has 0 spiro atoms. The summed E-state index contributed by atoms with van der Waals surface area (Å²) in [5.74, 6) is 0.199. The highest BCUT2D eigenvalue weighted by atomic mass is 16.5.